The second kappa shape index (κ2) is 4.49. The summed E-state index contributed by atoms with van der Waals surface area (Å²) in [5.41, 5.74) is 0.872. The minimum Gasteiger partial charge on any atom is -0.269 e. The highest BCUT2D eigenvalue weighted by molar-refractivity contribution is 8.18. The van der Waals surface area contributed by atoms with Gasteiger partial charge in [-0.05, 0) is 42.5 Å². The zero-order chi connectivity index (χ0) is 11.5. The molecule has 0 radical (unpaired) electrons. The van der Waals surface area contributed by atoms with E-state index in [0.717, 1.165) is 17.3 Å². The van der Waals surface area contributed by atoms with Gasteiger partial charge < -0.3 is 0 Å². The molecule has 1 aromatic rings. The molecule has 0 bridgehead atoms. The molecule has 16 heavy (non-hydrogen) atoms. The fourth-order valence-corrected chi connectivity index (χ4v) is 2.29. The number of amides is 2. The van der Waals surface area contributed by atoms with Crippen molar-refractivity contribution in [3.05, 3.63) is 35.0 Å². The Kier molecular flexibility index (Phi) is 3.05. The Morgan fingerprint density at radius 3 is 2.62 bits per heavy atom. The highest BCUT2D eigenvalue weighted by atomic mass is 32.2. The average molecular weight is 234 g/mol. The lowest BCUT2D eigenvalue weighted by atomic mass is 10.2. The number of pyridine rings is 1. The summed E-state index contributed by atoms with van der Waals surface area (Å²) >= 11 is 0.979. The number of rotatable bonds is 2. The van der Waals surface area contributed by atoms with E-state index in [1.807, 2.05) is 0 Å². The minimum absolute atomic E-state index is 0.201. The standard InChI is InChI=1S/C11H10N2O2S/c1-2-13-10(14)9(16-11(13)15)7-8-3-5-12-6-4-8/h3-7H,2H2,1H3/b9-7-. The van der Waals surface area contributed by atoms with Gasteiger partial charge in [0.15, 0.2) is 0 Å². The molecule has 0 spiro atoms. The maximum absolute atomic E-state index is 11.8. The molecule has 1 aliphatic heterocycles. The van der Waals surface area contributed by atoms with Gasteiger partial charge in [-0.2, -0.15) is 0 Å². The first-order valence-electron chi connectivity index (χ1n) is 4.87. The zero-order valence-electron chi connectivity index (χ0n) is 8.71. The first kappa shape index (κ1) is 10.9. The lowest BCUT2D eigenvalue weighted by molar-refractivity contribution is -0.122. The largest absolute Gasteiger partial charge is 0.293 e. The van der Waals surface area contributed by atoms with Gasteiger partial charge in [-0.3, -0.25) is 19.5 Å². The third kappa shape index (κ3) is 1.99. The third-order valence-electron chi connectivity index (χ3n) is 2.19. The summed E-state index contributed by atoms with van der Waals surface area (Å²) in [4.78, 5) is 28.8. The molecule has 0 aliphatic carbocycles. The summed E-state index contributed by atoms with van der Waals surface area (Å²) in [5.74, 6) is -0.214. The van der Waals surface area contributed by atoms with Crippen molar-refractivity contribution in [3.8, 4) is 0 Å². The van der Waals surface area contributed by atoms with Crippen molar-refractivity contribution in [1.29, 1.82) is 0 Å². The van der Waals surface area contributed by atoms with E-state index in [1.54, 1.807) is 37.5 Å². The Balaban J connectivity index is 2.27. The molecule has 2 amide bonds. The van der Waals surface area contributed by atoms with Crippen molar-refractivity contribution in [3.63, 3.8) is 0 Å². The molecule has 0 atom stereocenters. The first-order chi connectivity index (χ1) is 7.72. The number of carbonyl (C=O) groups is 2. The van der Waals surface area contributed by atoms with Gasteiger partial charge in [0.25, 0.3) is 11.1 Å². The number of hydrogen-bond acceptors (Lipinski definition) is 4. The van der Waals surface area contributed by atoms with Crippen LogP contribution >= 0.6 is 11.8 Å². The topological polar surface area (TPSA) is 50.3 Å². The summed E-state index contributed by atoms with van der Waals surface area (Å²) in [5, 5.41) is -0.201. The first-order valence-corrected chi connectivity index (χ1v) is 5.69. The highest BCUT2D eigenvalue weighted by Gasteiger charge is 2.33. The van der Waals surface area contributed by atoms with Crippen LogP contribution in [0, 0.1) is 0 Å². The lowest BCUT2D eigenvalue weighted by Gasteiger charge is -2.06. The molecule has 1 aliphatic rings. The molecule has 0 N–H and O–H groups in total. The summed E-state index contributed by atoms with van der Waals surface area (Å²) in [6, 6.07) is 3.58. The minimum atomic E-state index is -0.214. The van der Waals surface area contributed by atoms with Crippen LogP contribution in [0.3, 0.4) is 0 Å². The Bertz CT molecular complexity index is 456. The summed E-state index contributed by atoms with van der Waals surface area (Å²) < 4.78 is 0. The number of nitrogens with zero attached hydrogens (tertiary/aromatic N) is 2. The molecule has 1 aromatic heterocycles. The Morgan fingerprint density at radius 2 is 2.06 bits per heavy atom. The van der Waals surface area contributed by atoms with Gasteiger partial charge in [-0.1, -0.05) is 0 Å². The summed E-state index contributed by atoms with van der Waals surface area (Å²) in [7, 11) is 0. The van der Waals surface area contributed by atoms with E-state index in [4.69, 9.17) is 0 Å². The fourth-order valence-electron chi connectivity index (χ4n) is 1.38. The van der Waals surface area contributed by atoms with E-state index in [-0.39, 0.29) is 11.1 Å². The van der Waals surface area contributed by atoms with Crippen LogP contribution in [-0.2, 0) is 4.79 Å². The maximum Gasteiger partial charge on any atom is 0.293 e. The van der Waals surface area contributed by atoms with Gasteiger partial charge in [0.1, 0.15) is 0 Å². The van der Waals surface area contributed by atoms with Crippen LogP contribution in [-0.4, -0.2) is 27.6 Å². The molecule has 82 valence electrons. The Labute approximate surface area is 97.4 Å². The van der Waals surface area contributed by atoms with Crippen LogP contribution in [0.15, 0.2) is 29.4 Å². The molecule has 4 nitrogen and oxygen atoms in total. The van der Waals surface area contributed by atoms with Crippen molar-refractivity contribution in [2.24, 2.45) is 0 Å². The van der Waals surface area contributed by atoms with Gasteiger partial charge in [-0.15, -0.1) is 0 Å². The van der Waals surface area contributed by atoms with E-state index in [0.29, 0.717) is 11.4 Å². The normalized spacial score (nSPS) is 18.6. The zero-order valence-corrected chi connectivity index (χ0v) is 9.53. The van der Waals surface area contributed by atoms with Crippen LogP contribution in [0.25, 0.3) is 6.08 Å². The van der Waals surface area contributed by atoms with E-state index in [1.165, 1.54) is 4.90 Å². The van der Waals surface area contributed by atoms with Crippen LogP contribution < -0.4 is 0 Å². The van der Waals surface area contributed by atoms with Crippen molar-refractivity contribution < 1.29 is 9.59 Å². The third-order valence-corrected chi connectivity index (χ3v) is 3.10. The van der Waals surface area contributed by atoms with Crippen molar-refractivity contribution in [2.75, 3.05) is 6.54 Å². The SMILES string of the molecule is CCN1C(=O)S/C(=C\c2ccncc2)C1=O. The Hall–Kier alpha value is -1.62. The quantitative estimate of drug-likeness (QED) is 0.736. The summed E-state index contributed by atoms with van der Waals surface area (Å²) in [6.45, 7) is 2.20. The number of likely N-dealkylation sites (N-methyl/N-ethyl adjacent to an activating group) is 1. The van der Waals surface area contributed by atoms with Crippen LogP contribution in [0.5, 0.6) is 0 Å². The van der Waals surface area contributed by atoms with E-state index < -0.39 is 0 Å². The predicted molar refractivity (Wildman–Crippen MR) is 62.6 cm³/mol. The predicted octanol–water partition coefficient (Wildman–Crippen LogP) is 2.14. The van der Waals surface area contributed by atoms with Gasteiger partial charge >= 0.3 is 0 Å². The van der Waals surface area contributed by atoms with Gasteiger partial charge in [0.05, 0.1) is 4.91 Å². The van der Waals surface area contributed by atoms with Crippen LogP contribution in [0.2, 0.25) is 0 Å². The van der Waals surface area contributed by atoms with Crippen molar-refractivity contribution in [1.82, 2.24) is 9.88 Å². The summed E-state index contributed by atoms with van der Waals surface area (Å²) in [6.07, 6.45) is 5.01. The molecule has 0 saturated carbocycles. The monoisotopic (exact) mass is 234 g/mol. The smallest absolute Gasteiger partial charge is 0.269 e. The van der Waals surface area contributed by atoms with E-state index >= 15 is 0 Å². The number of imide groups is 1. The molecule has 5 heteroatoms. The molecule has 2 rings (SSSR count). The number of aromatic nitrogens is 1. The number of thioether (sulfide) groups is 1. The van der Waals surface area contributed by atoms with E-state index in [9.17, 15) is 9.59 Å². The number of hydrogen-bond donors (Lipinski definition) is 0. The molecular formula is C11H10N2O2S. The maximum atomic E-state index is 11.8. The fraction of sp³-hybridized carbons (Fsp3) is 0.182. The molecule has 0 aromatic carbocycles. The van der Waals surface area contributed by atoms with Gasteiger partial charge in [0.2, 0.25) is 0 Å². The lowest BCUT2D eigenvalue weighted by Crippen LogP contribution is -2.27. The highest BCUT2D eigenvalue weighted by Crippen LogP contribution is 2.31. The molecule has 0 unspecified atom stereocenters. The van der Waals surface area contributed by atoms with E-state index in [2.05, 4.69) is 4.98 Å². The molecule has 2 heterocycles. The average Bonchev–Trinajstić information content (AvgIpc) is 2.55. The van der Waals surface area contributed by atoms with Gasteiger partial charge in [0, 0.05) is 18.9 Å². The van der Waals surface area contributed by atoms with Gasteiger partial charge in [-0.25, -0.2) is 0 Å². The second-order valence-electron chi connectivity index (χ2n) is 3.21. The number of carbonyl (C=O) groups excluding carboxylic acids is 2. The van der Waals surface area contributed by atoms with Crippen LogP contribution in [0.1, 0.15) is 12.5 Å². The molecule has 1 fully saturated rings. The Morgan fingerprint density at radius 1 is 1.38 bits per heavy atom. The van der Waals surface area contributed by atoms with Crippen LogP contribution in [0.4, 0.5) is 4.79 Å². The van der Waals surface area contributed by atoms with Crippen molar-refractivity contribution in [2.45, 2.75) is 6.92 Å². The second-order valence-corrected chi connectivity index (χ2v) is 4.20. The molecule has 1 saturated heterocycles. The van der Waals surface area contributed by atoms with Crippen molar-refractivity contribution >= 4 is 29.0 Å². The molecular weight excluding hydrogens is 224 g/mol.